The molecule has 19 heavy (non-hydrogen) atoms. The van der Waals surface area contributed by atoms with Crippen molar-refractivity contribution in [1.82, 2.24) is 0 Å². The van der Waals surface area contributed by atoms with Crippen LogP contribution < -0.4 is 5.32 Å². The second-order valence-corrected chi connectivity index (χ2v) is 4.83. The van der Waals surface area contributed by atoms with Crippen LogP contribution in [-0.4, -0.2) is 11.1 Å². The molecule has 4 heteroatoms. The number of carbonyl (C=O) groups is 1. The number of carboxylic acid groups (broad SMARTS) is 1. The molecule has 0 fully saturated rings. The first-order valence-corrected chi connectivity index (χ1v) is 6.36. The molecule has 1 unspecified atom stereocenters. The average molecular weight is 273 g/mol. The summed E-state index contributed by atoms with van der Waals surface area (Å²) in [4.78, 5) is 12.1. The van der Waals surface area contributed by atoms with Gasteiger partial charge in [-0.1, -0.05) is 36.4 Å². The molecule has 0 aliphatic rings. The fourth-order valence-corrected chi connectivity index (χ4v) is 2.20. The summed E-state index contributed by atoms with van der Waals surface area (Å²) in [6.45, 7) is 1.97. The minimum atomic E-state index is -0.917. The van der Waals surface area contributed by atoms with E-state index in [1.54, 1.807) is 12.1 Å². The molecular weight excluding hydrogens is 258 g/mol. The zero-order valence-electron chi connectivity index (χ0n) is 10.5. The number of carboxylic acids is 1. The maximum absolute atomic E-state index is 11.4. The molecule has 0 aliphatic carbocycles. The number of hydrogen-bond donors (Lipinski definition) is 3. The Hall–Kier alpha value is -1.94. The molecule has 0 saturated heterocycles. The van der Waals surface area contributed by atoms with E-state index in [-0.39, 0.29) is 0 Å². The molecule has 2 aromatic carbocycles. The van der Waals surface area contributed by atoms with E-state index in [9.17, 15) is 9.90 Å². The van der Waals surface area contributed by atoms with Crippen LogP contribution in [0.1, 0.15) is 17.2 Å². The zero-order chi connectivity index (χ0) is 13.8. The Labute approximate surface area is 117 Å². The van der Waals surface area contributed by atoms with Gasteiger partial charge in [0.1, 0.15) is 0 Å². The van der Waals surface area contributed by atoms with Crippen LogP contribution in [0.2, 0.25) is 0 Å². The molecule has 0 radical (unpaired) electrons. The van der Waals surface area contributed by atoms with E-state index in [0.29, 0.717) is 11.3 Å². The molecule has 0 bridgehead atoms. The third-order valence-corrected chi connectivity index (χ3v) is 3.20. The number of nitrogens with one attached hydrogen (secondary N) is 1. The molecule has 3 nitrogen and oxygen atoms in total. The van der Waals surface area contributed by atoms with Gasteiger partial charge in [0, 0.05) is 10.6 Å². The lowest BCUT2D eigenvalue weighted by molar-refractivity contribution is -0.138. The highest BCUT2D eigenvalue weighted by atomic mass is 32.1. The summed E-state index contributed by atoms with van der Waals surface area (Å²) >= 11 is 4.37. The van der Waals surface area contributed by atoms with Crippen molar-refractivity contribution in [3.05, 3.63) is 59.7 Å². The first-order valence-electron chi connectivity index (χ1n) is 5.92. The van der Waals surface area contributed by atoms with Gasteiger partial charge in [-0.3, -0.25) is 0 Å². The van der Waals surface area contributed by atoms with Crippen LogP contribution in [0.3, 0.4) is 0 Å². The summed E-state index contributed by atoms with van der Waals surface area (Å²) in [6.07, 6.45) is 0. The summed E-state index contributed by atoms with van der Waals surface area (Å²) in [5.74, 6) is -0.917. The molecular formula is C15H15NO2S. The third kappa shape index (κ3) is 3.29. The summed E-state index contributed by atoms with van der Waals surface area (Å²) in [6, 6.07) is 14.0. The Bertz CT molecular complexity index is 584. The van der Waals surface area contributed by atoms with Gasteiger partial charge in [-0.25, -0.2) is 4.79 Å². The van der Waals surface area contributed by atoms with Crippen molar-refractivity contribution in [2.45, 2.75) is 17.9 Å². The van der Waals surface area contributed by atoms with Gasteiger partial charge < -0.3 is 10.4 Å². The van der Waals surface area contributed by atoms with Crippen molar-refractivity contribution in [2.24, 2.45) is 0 Å². The zero-order valence-corrected chi connectivity index (χ0v) is 11.4. The molecule has 0 saturated carbocycles. The molecule has 1 atom stereocenters. The highest BCUT2D eigenvalue weighted by Gasteiger charge is 2.19. The number of anilines is 1. The smallest absolute Gasteiger partial charge is 0.330 e. The average Bonchev–Trinajstić information content (AvgIpc) is 2.38. The maximum atomic E-state index is 11.4. The highest BCUT2D eigenvalue weighted by molar-refractivity contribution is 7.80. The van der Waals surface area contributed by atoms with Crippen LogP contribution >= 0.6 is 12.6 Å². The van der Waals surface area contributed by atoms with E-state index in [1.165, 1.54) is 0 Å². The second kappa shape index (κ2) is 5.80. The van der Waals surface area contributed by atoms with Crippen molar-refractivity contribution in [3.8, 4) is 0 Å². The van der Waals surface area contributed by atoms with E-state index in [0.717, 1.165) is 10.5 Å². The normalized spacial score (nSPS) is 11.9. The van der Waals surface area contributed by atoms with Gasteiger partial charge in [0.15, 0.2) is 6.04 Å². The molecule has 2 N–H and O–H groups in total. The lowest BCUT2D eigenvalue weighted by Gasteiger charge is -2.17. The lowest BCUT2D eigenvalue weighted by atomic mass is 10.1. The lowest BCUT2D eigenvalue weighted by Crippen LogP contribution is -2.20. The van der Waals surface area contributed by atoms with Crippen molar-refractivity contribution in [2.75, 3.05) is 5.32 Å². The van der Waals surface area contributed by atoms with E-state index in [4.69, 9.17) is 0 Å². The van der Waals surface area contributed by atoms with Crippen LogP contribution in [0.4, 0.5) is 5.69 Å². The monoisotopic (exact) mass is 273 g/mol. The molecule has 0 heterocycles. The SMILES string of the molecule is Cc1ccc(NC(C(=O)O)c2ccccc2)c(S)c1. The minimum absolute atomic E-state index is 0.711. The second-order valence-electron chi connectivity index (χ2n) is 4.35. The van der Waals surface area contributed by atoms with Crippen molar-refractivity contribution < 1.29 is 9.90 Å². The van der Waals surface area contributed by atoms with Gasteiger partial charge in [0.2, 0.25) is 0 Å². The minimum Gasteiger partial charge on any atom is -0.479 e. The van der Waals surface area contributed by atoms with E-state index < -0.39 is 12.0 Å². The van der Waals surface area contributed by atoms with E-state index in [1.807, 2.05) is 43.3 Å². The van der Waals surface area contributed by atoms with Gasteiger partial charge in [-0.2, -0.15) is 0 Å². The standard InChI is InChI=1S/C15H15NO2S/c1-10-7-8-12(13(19)9-10)16-14(15(17)18)11-5-3-2-4-6-11/h2-9,14,16,19H,1H3,(H,17,18). The quantitative estimate of drug-likeness (QED) is 0.747. The molecule has 0 spiro atoms. The molecule has 0 aliphatic heterocycles. The number of benzene rings is 2. The topological polar surface area (TPSA) is 49.3 Å². The Morgan fingerprint density at radius 1 is 1.21 bits per heavy atom. The summed E-state index contributed by atoms with van der Waals surface area (Å²) in [7, 11) is 0. The summed E-state index contributed by atoms with van der Waals surface area (Å²) < 4.78 is 0. The fraction of sp³-hybridized carbons (Fsp3) is 0.133. The molecule has 0 aromatic heterocycles. The van der Waals surface area contributed by atoms with E-state index in [2.05, 4.69) is 17.9 Å². The number of hydrogen-bond acceptors (Lipinski definition) is 3. The van der Waals surface area contributed by atoms with Gasteiger partial charge in [-0.15, -0.1) is 12.6 Å². The van der Waals surface area contributed by atoms with Crippen LogP contribution in [0.25, 0.3) is 0 Å². The van der Waals surface area contributed by atoms with E-state index >= 15 is 0 Å². The number of thiol groups is 1. The number of aliphatic carboxylic acids is 1. The van der Waals surface area contributed by atoms with Gasteiger partial charge in [0.25, 0.3) is 0 Å². The fourth-order valence-electron chi connectivity index (χ4n) is 1.85. The predicted octanol–water partition coefficient (Wildman–Crippen LogP) is 3.52. The number of rotatable bonds is 4. The van der Waals surface area contributed by atoms with Crippen LogP contribution in [0.15, 0.2) is 53.4 Å². The Morgan fingerprint density at radius 2 is 1.89 bits per heavy atom. The first kappa shape index (κ1) is 13.5. The third-order valence-electron chi connectivity index (χ3n) is 2.83. The Balaban J connectivity index is 2.29. The van der Waals surface area contributed by atoms with Crippen molar-refractivity contribution >= 4 is 24.3 Å². The largest absolute Gasteiger partial charge is 0.479 e. The maximum Gasteiger partial charge on any atom is 0.330 e. The Morgan fingerprint density at radius 3 is 2.47 bits per heavy atom. The molecule has 2 rings (SSSR count). The summed E-state index contributed by atoms with van der Waals surface area (Å²) in [5.41, 5.74) is 2.51. The van der Waals surface area contributed by atoms with Crippen LogP contribution in [0.5, 0.6) is 0 Å². The summed E-state index contributed by atoms with van der Waals surface area (Å²) in [5, 5.41) is 12.4. The van der Waals surface area contributed by atoms with Gasteiger partial charge >= 0.3 is 5.97 Å². The molecule has 2 aromatic rings. The molecule has 0 amide bonds. The van der Waals surface area contributed by atoms with Crippen LogP contribution in [-0.2, 0) is 4.79 Å². The van der Waals surface area contributed by atoms with Crippen molar-refractivity contribution in [1.29, 1.82) is 0 Å². The van der Waals surface area contributed by atoms with Crippen molar-refractivity contribution in [3.63, 3.8) is 0 Å². The van der Waals surface area contributed by atoms with Crippen LogP contribution in [0, 0.1) is 6.92 Å². The predicted molar refractivity (Wildman–Crippen MR) is 78.9 cm³/mol. The first-order chi connectivity index (χ1) is 9.08. The Kier molecular flexibility index (Phi) is 4.12. The number of aryl methyl sites for hydroxylation is 1. The highest BCUT2D eigenvalue weighted by Crippen LogP contribution is 2.26. The van der Waals surface area contributed by atoms with Gasteiger partial charge in [0.05, 0.1) is 0 Å². The van der Waals surface area contributed by atoms with Gasteiger partial charge in [-0.05, 0) is 30.2 Å². The molecule has 98 valence electrons.